The van der Waals surface area contributed by atoms with Crippen molar-refractivity contribution in [2.75, 3.05) is 10.4 Å². The molecule has 1 aliphatic carbocycles. The highest BCUT2D eigenvalue weighted by Gasteiger charge is 2.28. The fourth-order valence-corrected chi connectivity index (χ4v) is 4.66. The lowest BCUT2D eigenvalue weighted by Gasteiger charge is -2.21. The van der Waals surface area contributed by atoms with Crippen molar-refractivity contribution in [1.29, 1.82) is 5.41 Å². The number of carbonyl (C=O) groups excluding carboxylic acids is 2. The molecule has 0 saturated carbocycles. The highest BCUT2D eigenvalue weighted by Crippen LogP contribution is 2.35. The zero-order valence-corrected chi connectivity index (χ0v) is 20.5. The van der Waals surface area contributed by atoms with Gasteiger partial charge in [0.2, 0.25) is 5.78 Å². The number of fused-ring (bicyclic) bond motifs is 1. The lowest BCUT2D eigenvalue weighted by molar-refractivity contribution is 0.0635. The first-order chi connectivity index (χ1) is 14.7. The third-order valence-electron chi connectivity index (χ3n) is 4.75. The van der Waals surface area contributed by atoms with Crippen LogP contribution in [-0.4, -0.2) is 28.7 Å². The largest absolute Gasteiger partial charge is 0.444 e. The molecule has 164 valence electrons. The Bertz CT molecular complexity index is 1060. The quantitative estimate of drug-likeness (QED) is 0.185. The molecule has 0 spiro atoms. The second-order valence-corrected chi connectivity index (χ2v) is 10.1. The number of aryl methyl sites for hydroxylation is 1. The molecular weight excluding hydrogens is 533 g/mol. The lowest BCUT2D eigenvalue weighted by Crippen LogP contribution is -2.28. The number of halogens is 2. The Kier molecular flexibility index (Phi) is 7.26. The number of nitrogens with one attached hydrogen (secondary N) is 3. The fourth-order valence-electron chi connectivity index (χ4n) is 3.50. The Hall–Kier alpha value is -2.13. The molecule has 1 atom stereocenters. The van der Waals surface area contributed by atoms with E-state index in [9.17, 15) is 14.0 Å². The summed E-state index contributed by atoms with van der Waals surface area (Å²) in [5.41, 5.74) is 1.86. The summed E-state index contributed by atoms with van der Waals surface area (Å²) in [6.07, 6.45) is 4.48. The van der Waals surface area contributed by atoms with E-state index in [1.807, 2.05) is 22.0 Å². The Labute approximate surface area is 194 Å². The molecule has 3 rings (SSSR count). The maximum absolute atomic E-state index is 14.3. The van der Waals surface area contributed by atoms with Crippen LogP contribution in [0.4, 0.5) is 20.6 Å². The smallest absolute Gasteiger partial charge is 0.412 e. The number of pyridine rings is 1. The average molecular weight is 556 g/mol. The van der Waals surface area contributed by atoms with E-state index in [4.69, 9.17) is 10.1 Å². The average Bonchev–Trinajstić information content (AvgIpc) is 3.17. The van der Waals surface area contributed by atoms with Crippen molar-refractivity contribution in [2.45, 2.75) is 45.6 Å². The molecule has 0 aliphatic heterocycles. The van der Waals surface area contributed by atoms with E-state index in [0.29, 0.717) is 12.1 Å². The SMILES string of the molecule is CC(C)(C)OC(=O)Nc1c(C(=O)c2ccc(F)c(NPI)c2C=N)ncc2c1CCC2. The molecular formula is C21H23FIN4O3P. The molecule has 1 aromatic carbocycles. The highest BCUT2D eigenvalue weighted by atomic mass is 127. The number of ketones is 1. The normalized spacial score (nSPS) is 13.2. The predicted octanol–water partition coefficient (Wildman–Crippen LogP) is 5.64. The standard InChI is InChI=1S/C21H23FIN4O3P/c1-21(2,3)30-20(29)26-17-12-6-4-5-11(12)10-25-18(17)19(28)13-7-8-15(22)16(27-31-23)14(13)9-24/h7-10,24,27,31H,4-6H2,1-3H3,(H,26,29). The summed E-state index contributed by atoms with van der Waals surface area (Å²) < 4.78 is 19.7. The molecule has 0 fully saturated rings. The van der Waals surface area contributed by atoms with E-state index in [0.717, 1.165) is 30.2 Å². The van der Waals surface area contributed by atoms with Gasteiger partial charge >= 0.3 is 6.09 Å². The maximum Gasteiger partial charge on any atom is 0.412 e. The first-order valence-electron chi connectivity index (χ1n) is 9.66. The molecule has 1 aromatic heterocycles. The molecule has 3 N–H and O–H groups in total. The number of nitrogens with zero attached hydrogens (tertiary/aromatic N) is 1. The zero-order valence-electron chi connectivity index (χ0n) is 17.4. The monoisotopic (exact) mass is 556 g/mol. The van der Waals surface area contributed by atoms with Crippen LogP contribution >= 0.6 is 28.4 Å². The first-order valence-corrected chi connectivity index (χ1v) is 13.8. The van der Waals surface area contributed by atoms with Crippen molar-refractivity contribution in [3.63, 3.8) is 0 Å². The molecule has 31 heavy (non-hydrogen) atoms. The van der Waals surface area contributed by atoms with E-state index < -0.39 is 23.3 Å². The molecule has 1 aliphatic rings. The van der Waals surface area contributed by atoms with Gasteiger partial charge in [-0.05, 0) is 85.3 Å². The van der Waals surface area contributed by atoms with Crippen molar-refractivity contribution < 1.29 is 18.7 Å². The van der Waals surface area contributed by atoms with Crippen LogP contribution in [0.15, 0.2) is 18.3 Å². The molecule has 0 radical (unpaired) electrons. The molecule has 10 heteroatoms. The Morgan fingerprint density at radius 1 is 1.29 bits per heavy atom. The summed E-state index contributed by atoms with van der Waals surface area (Å²) in [7, 11) is 0. The molecule has 0 bridgehead atoms. The summed E-state index contributed by atoms with van der Waals surface area (Å²) in [6, 6.07) is 2.53. The number of rotatable bonds is 6. The van der Waals surface area contributed by atoms with Gasteiger partial charge < -0.3 is 15.2 Å². The summed E-state index contributed by atoms with van der Waals surface area (Å²) in [5.74, 6) is -1.05. The minimum absolute atomic E-state index is 0.0455. The van der Waals surface area contributed by atoms with Crippen molar-refractivity contribution in [1.82, 2.24) is 4.98 Å². The van der Waals surface area contributed by atoms with Gasteiger partial charge in [-0.1, -0.05) is 0 Å². The summed E-state index contributed by atoms with van der Waals surface area (Å²) >= 11 is 2.05. The molecule has 1 amide bonds. The molecule has 0 saturated heterocycles. The number of aromatic nitrogens is 1. The zero-order chi connectivity index (χ0) is 22.8. The second kappa shape index (κ2) is 9.56. The minimum Gasteiger partial charge on any atom is -0.444 e. The van der Waals surface area contributed by atoms with Gasteiger partial charge in [0.25, 0.3) is 0 Å². The van der Waals surface area contributed by atoms with Crippen LogP contribution in [0.5, 0.6) is 0 Å². The van der Waals surface area contributed by atoms with Gasteiger partial charge in [0.1, 0.15) is 17.1 Å². The number of carbonyl (C=O) groups is 2. The van der Waals surface area contributed by atoms with Crippen LogP contribution < -0.4 is 10.4 Å². The Balaban J connectivity index is 2.09. The highest BCUT2D eigenvalue weighted by molar-refractivity contribution is 14.2. The number of ether oxygens (including phenoxy) is 1. The fraction of sp³-hybridized carbons (Fsp3) is 0.333. The van der Waals surface area contributed by atoms with Crippen molar-refractivity contribution in [3.05, 3.63) is 52.1 Å². The second-order valence-electron chi connectivity index (χ2n) is 8.04. The first kappa shape index (κ1) is 23.5. The van der Waals surface area contributed by atoms with Crippen molar-refractivity contribution in [3.8, 4) is 0 Å². The number of benzene rings is 1. The van der Waals surface area contributed by atoms with Gasteiger partial charge in [0, 0.05) is 29.9 Å². The van der Waals surface area contributed by atoms with Crippen LogP contribution in [0, 0.1) is 11.2 Å². The van der Waals surface area contributed by atoms with Crippen LogP contribution in [0.25, 0.3) is 0 Å². The number of anilines is 2. The van der Waals surface area contributed by atoms with Gasteiger partial charge in [-0.2, -0.15) is 0 Å². The lowest BCUT2D eigenvalue weighted by atomic mass is 9.97. The van der Waals surface area contributed by atoms with Gasteiger partial charge in [0.05, 0.1) is 11.4 Å². The van der Waals surface area contributed by atoms with Gasteiger partial charge in [-0.3, -0.25) is 15.1 Å². The molecule has 2 aromatic rings. The summed E-state index contributed by atoms with van der Waals surface area (Å²) in [6.45, 7) is 5.26. The predicted molar refractivity (Wildman–Crippen MR) is 130 cm³/mol. The van der Waals surface area contributed by atoms with Crippen molar-refractivity contribution in [2.24, 2.45) is 0 Å². The van der Waals surface area contributed by atoms with Crippen molar-refractivity contribution >= 4 is 57.9 Å². The molecule has 1 heterocycles. The molecule has 7 nitrogen and oxygen atoms in total. The Morgan fingerprint density at radius 2 is 2.03 bits per heavy atom. The van der Waals surface area contributed by atoms with Gasteiger partial charge in [0.15, 0.2) is 0 Å². The van der Waals surface area contributed by atoms with E-state index in [-0.39, 0.29) is 28.9 Å². The number of hydrogen-bond donors (Lipinski definition) is 3. The number of amides is 1. The number of hydrogen-bond acceptors (Lipinski definition) is 6. The summed E-state index contributed by atoms with van der Waals surface area (Å²) in [5, 5.41) is 13.3. The van der Waals surface area contributed by atoms with E-state index in [2.05, 4.69) is 15.4 Å². The third kappa shape index (κ3) is 5.20. The topological polar surface area (TPSA) is 104 Å². The van der Waals surface area contributed by atoms with Crippen LogP contribution in [0.2, 0.25) is 0 Å². The summed E-state index contributed by atoms with van der Waals surface area (Å²) in [4.78, 5) is 30.3. The van der Waals surface area contributed by atoms with Crippen LogP contribution in [-0.2, 0) is 17.6 Å². The Morgan fingerprint density at radius 3 is 2.68 bits per heavy atom. The van der Waals surface area contributed by atoms with E-state index in [1.165, 1.54) is 12.1 Å². The maximum atomic E-state index is 14.3. The molecule has 1 unspecified atom stereocenters. The third-order valence-corrected chi connectivity index (χ3v) is 5.90. The minimum atomic E-state index is -0.704. The van der Waals surface area contributed by atoms with E-state index >= 15 is 0 Å². The van der Waals surface area contributed by atoms with Crippen LogP contribution in [0.3, 0.4) is 0 Å². The van der Waals surface area contributed by atoms with E-state index in [1.54, 1.807) is 27.0 Å². The van der Waals surface area contributed by atoms with Crippen LogP contribution in [0.1, 0.15) is 59.9 Å². The van der Waals surface area contributed by atoms with Gasteiger partial charge in [-0.15, -0.1) is 0 Å². The van der Waals surface area contributed by atoms with Gasteiger partial charge in [-0.25, -0.2) is 9.18 Å².